The van der Waals surface area contributed by atoms with Gasteiger partial charge in [0.1, 0.15) is 17.3 Å². The Kier molecular flexibility index (Phi) is 3.98. The maximum Gasteiger partial charge on any atom is 0.197 e. The molecule has 0 atom stereocenters. The molecule has 4 heteroatoms. The van der Waals surface area contributed by atoms with Crippen LogP contribution in [-0.4, -0.2) is 20.0 Å². The molecule has 0 unspecified atom stereocenters. The summed E-state index contributed by atoms with van der Waals surface area (Å²) in [5.41, 5.74) is 0.606. The topological polar surface area (TPSA) is 35.5 Å². The van der Waals surface area contributed by atoms with Gasteiger partial charge >= 0.3 is 0 Å². The summed E-state index contributed by atoms with van der Waals surface area (Å²) in [4.78, 5) is 12.8. The van der Waals surface area contributed by atoms with E-state index in [9.17, 15) is 9.18 Å². The second-order valence-corrected chi connectivity index (χ2v) is 5.04. The lowest BCUT2D eigenvalue weighted by Gasteiger charge is -2.14. The molecule has 0 saturated carbocycles. The molecule has 0 amide bonds. The molecular weight excluding hydrogens is 295 g/mol. The molecule has 3 nitrogen and oxygen atoms in total. The van der Waals surface area contributed by atoms with Crippen LogP contribution in [0.1, 0.15) is 15.9 Å². The van der Waals surface area contributed by atoms with E-state index in [1.807, 2.05) is 24.3 Å². The minimum absolute atomic E-state index is 0.264. The molecule has 0 fully saturated rings. The van der Waals surface area contributed by atoms with Crippen LogP contribution in [0.3, 0.4) is 0 Å². The predicted octanol–water partition coefficient (Wildman–Crippen LogP) is 4.23. The van der Waals surface area contributed by atoms with E-state index in [1.54, 1.807) is 19.2 Å². The first-order valence-corrected chi connectivity index (χ1v) is 7.09. The predicted molar refractivity (Wildman–Crippen MR) is 86.9 cm³/mol. The van der Waals surface area contributed by atoms with Crippen molar-refractivity contribution in [2.45, 2.75) is 0 Å². The van der Waals surface area contributed by atoms with Crippen molar-refractivity contribution in [3.63, 3.8) is 0 Å². The van der Waals surface area contributed by atoms with Crippen LogP contribution in [0.25, 0.3) is 10.8 Å². The van der Waals surface area contributed by atoms with Gasteiger partial charge in [-0.1, -0.05) is 36.4 Å². The van der Waals surface area contributed by atoms with Crippen LogP contribution >= 0.6 is 0 Å². The van der Waals surface area contributed by atoms with Gasteiger partial charge in [-0.3, -0.25) is 4.79 Å². The average Bonchev–Trinajstić information content (AvgIpc) is 2.59. The highest BCUT2D eigenvalue weighted by Gasteiger charge is 2.20. The Morgan fingerprint density at radius 2 is 1.65 bits per heavy atom. The van der Waals surface area contributed by atoms with Crippen LogP contribution in [0.2, 0.25) is 0 Å². The third kappa shape index (κ3) is 2.63. The second kappa shape index (κ2) is 6.08. The van der Waals surface area contributed by atoms with Crippen molar-refractivity contribution in [2.75, 3.05) is 14.2 Å². The fraction of sp³-hybridized carbons (Fsp3) is 0.105. The van der Waals surface area contributed by atoms with E-state index >= 15 is 0 Å². The number of carbonyl (C=O) groups excluding carboxylic acids is 1. The Morgan fingerprint density at radius 1 is 0.913 bits per heavy atom. The minimum atomic E-state index is -0.456. The van der Waals surface area contributed by atoms with Gasteiger partial charge in [-0.25, -0.2) is 4.39 Å². The van der Waals surface area contributed by atoms with Crippen molar-refractivity contribution in [3.05, 3.63) is 71.5 Å². The van der Waals surface area contributed by atoms with E-state index in [4.69, 9.17) is 9.47 Å². The highest BCUT2D eigenvalue weighted by molar-refractivity contribution is 6.14. The largest absolute Gasteiger partial charge is 0.496 e. The molecule has 0 spiro atoms. The monoisotopic (exact) mass is 310 g/mol. The molecule has 0 aliphatic heterocycles. The molecular formula is C19H15FO3. The van der Waals surface area contributed by atoms with Crippen molar-refractivity contribution in [3.8, 4) is 11.5 Å². The molecule has 0 aliphatic carbocycles. The van der Waals surface area contributed by atoms with E-state index in [1.165, 1.54) is 25.3 Å². The number of ether oxygens (including phenoxy) is 2. The number of halogens is 1. The van der Waals surface area contributed by atoms with Gasteiger partial charge < -0.3 is 9.47 Å². The molecule has 0 radical (unpaired) electrons. The summed E-state index contributed by atoms with van der Waals surface area (Å²) >= 11 is 0. The maximum atomic E-state index is 13.4. The summed E-state index contributed by atoms with van der Waals surface area (Å²) in [7, 11) is 3.06. The first-order chi connectivity index (χ1) is 11.2. The molecule has 0 N–H and O–H groups in total. The Balaban J connectivity index is 2.26. The van der Waals surface area contributed by atoms with Crippen molar-refractivity contribution in [1.82, 2.24) is 0 Å². The van der Waals surface area contributed by atoms with Crippen molar-refractivity contribution in [1.29, 1.82) is 0 Å². The van der Waals surface area contributed by atoms with Crippen molar-refractivity contribution in [2.24, 2.45) is 0 Å². The first-order valence-electron chi connectivity index (χ1n) is 7.09. The minimum Gasteiger partial charge on any atom is -0.496 e. The summed E-state index contributed by atoms with van der Waals surface area (Å²) in [6.07, 6.45) is 0. The highest BCUT2D eigenvalue weighted by atomic mass is 19.1. The molecule has 0 heterocycles. The smallest absolute Gasteiger partial charge is 0.197 e. The molecule has 3 aromatic carbocycles. The summed E-state index contributed by atoms with van der Waals surface area (Å²) in [6.45, 7) is 0. The Bertz CT molecular complexity index is 887. The van der Waals surface area contributed by atoms with Gasteiger partial charge in [0.2, 0.25) is 0 Å². The Morgan fingerprint density at radius 3 is 2.30 bits per heavy atom. The zero-order valence-electron chi connectivity index (χ0n) is 12.8. The Labute approximate surface area is 133 Å². The van der Waals surface area contributed by atoms with Gasteiger partial charge in [0, 0.05) is 16.3 Å². The average molecular weight is 310 g/mol. The van der Waals surface area contributed by atoms with Crippen LogP contribution in [-0.2, 0) is 0 Å². The number of rotatable bonds is 4. The lowest BCUT2D eigenvalue weighted by molar-refractivity contribution is 0.103. The molecule has 0 bridgehead atoms. The Hall–Kier alpha value is -2.88. The fourth-order valence-electron chi connectivity index (χ4n) is 2.66. The highest BCUT2D eigenvalue weighted by Crippen LogP contribution is 2.37. The number of fused-ring (bicyclic) bond motifs is 1. The van der Waals surface area contributed by atoms with Gasteiger partial charge in [0.15, 0.2) is 5.78 Å². The van der Waals surface area contributed by atoms with Crippen LogP contribution in [0.4, 0.5) is 4.39 Å². The number of ketones is 1. The van der Waals surface area contributed by atoms with Crippen molar-refractivity contribution < 1.29 is 18.7 Å². The quantitative estimate of drug-likeness (QED) is 0.677. The van der Waals surface area contributed by atoms with E-state index in [0.717, 1.165) is 10.8 Å². The van der Waals surface area contributed by atoms with Crippen LogP contribution in [0.15, 0.2) is 54.6 Å². The SMILES string of the molecule is COc1cc(C(=O)c2cccc(F)c2)c(OC)c2ccccc12. The zero-order chi connectivity index (χ0) is 16.4. The summed E-state index contributed by atoms with van der Waals surface area (Å²) in [5.74, 6) is 0.254. The number of methoxy groups -OCH3 is 2. The lowest BCUT2D eigenvalue weighted by atomic mass is 9.97. The lowest BCUT2D eigenvalue weighted by Crippen LogP contribution is -2.06. The molecule has 3 aromatic rings. The van der Waals surface area contributed by atoms with Crippen LogP contribution in [0, 0.1) is 5.82 Å². The van der Waals surface area contributed by atoms with Crippen LogP contribution < -0.4 is 9.47 Å². The van der Waals surface area contributed by atoms with E-state index in [-0.39, 0.29) is 11.3 Å². The number of carbonyl (C=O) groups is 1. The zero-order valence-corrected chi connectivity index (χ0v) is 12.8. The molecule has 0 aliphatic rings. The van der Waals surface area contributed by atoms with Gasteiger partial charge in [0.05, 0.1) is 19.8 Å². The summed E-state index contributed by atoms with van der Waals surface area (Å²) in [5, 5.41) is 1.62. The normalized spacial score (nSPS) is 10.6. The van der Waals surface area contributed by atoms with Gasteiger partial charge in [-0.15, -0.1) is 0 Å². The summed E-state index contributed by atoms with van der Waals surface area (Å²) in [6, 6.07) is 14.7. The fourth-order valence-corrected chi connectivity index (χ4v) is 2.66. The number of benzene rings is 3. The maximum absolute atomic E-state index is 13.4. The molecule has 0 saturated heterocycles. The first kappa shape index (κ1) is 15.0. The molecule has 23 heavy (non-hydrogen) atoms. The second-order valence-electron chi connectivity index (χ2n) is 5.04. The van der Waals surface area contributed by atoms with E-state index in [0.29, 0.717) is 17.1 Å². The third-order valence-corrected chi connectivity index (χ3v) is 3.71. The molecule has 116 valence electrons. The molecule has 0 aromatic heterocycles. The van der Waals surface area contributed by atoms with Crippen LogP contribution in [0.5, 0.6) is 11.5 Å². The van der Waals surface area contributed by atoms with Gasteiger partial charge in [-0.05, 0) is 18.2 Å². The number of hydrogen-bond acceptors (Lipinski definition) is 3. The standard InChI is InChI=1S/C19H15FO3/c1-22-17-11-16(18(21)12-6-5-7-13(20)10-12)19(23-2)15-9-4-3-8-14(15)17/h3-11H,1-2H3. The van der Waals surface area contributed by atoms with Gasteiger partial charge in [0.25, 0.3) is 0 Å². The van der Waals surface area contributed by atoms with E-state index < -0.39 is 5.82 Å². The van der Waals surface area contributed by atoms with E-state index in [2.05, 4.69) is 0 Å². The third-order valence-electron chi connectivity index (χ3n) is 3.71. The molecule has 3 rings (SSSR count). The number of hydrogen-bond donors (Lipinski definition) is 0. The summed E-state index contributed by atoms with van der Waals surface area (Å²) < 4.78 is 24.3. The van der Waals surface area contributed by atoms with Gasteiger partial charge in [-0.2, -0.15) is 0 Å². The van der Waals surface area contributed by atoms with Crippen molar-refractivity contribution >= 4 is 16.6 Å².